The molecular weight excluding hydrogens is 308 g/mol. The minimum Gasteiger partial charge on any atom is -0.340 e. The van der Waals surface area contributed by atoms with Gasteiger partial charge in [-0.25, -0.2) is 4.98 Å². The van der Waals surface area contributed by atoms with Crippen LogP contribution in [-0.4, -0.2) is 59.5 Å². The van der Waals surface area contributed by atoms with E-state index in [-0.39, 0.29) is 5.92 Å². The number of rotatable bonds is 4. The van der Waals surface area contributed by atoms with Crippen molar-refractivity contribution in [3.63, 3.8) is 0 Å². The summed E-state index contributed by atoms with van der Waals surface area (Å²) in [5.41, 5.74) is 1.18. The monoisotopic (exact) mass is 336 g/mol. The quantitative estimate of drug-likeness (QED) is 0.910. The van der Waals surface area contributed by atoms with Crippen LogP contribution < -0.4 is 5.32 Å². The van der Waals surface area contributed by atoms with Crippen molar-refractivity contribution in [2.75, 3.05) is 32.7 Å². The molecule has 0 aromatic carbocycles. The second-order valence-electron chi connectivity index (χ2n) is 6.76. The zero-order chi connectivity index (χ0) is 16.2. The third-order valence-electron chi connectivity index (χ3n) is 4.94. The second-order valence-corrected chi connectivity index (χ2v) is 7.71. The molecule has 0 unspecified atom stereocenters. The fraction of sp³-hybridized carbons (Fsp3) is 0.765. The van der Waals surface area contributed by atoms with Gasteiger partial charge >= 0.3 is 0 Å². The number of piperazine rings is 1. The van der Waals surface area contributed by atoms with E-state index in [2.05, 4.69) is 39.3 Å². The first-order valence-corrected chi connectivity index (χ1v) is 9.71. The molecule has 3 heterocycles. The van der Waals surface area contributed by atoms with Crippen LogP contribution in [0.25, 0.3) is 0 Å². The predicted molar refractivity (Wildman–Crippen MR) is 93.5 cm³/mol. The Hall–Kier alpha value is -0.980. The standard InChI is InChI=1S/C17H28N4OS/c1-3-16-19-15(12-23-16)11-20-6-8-21(9-7-20)17(22)14-4-5-18-13(2)10-14/h12-14,18H,3-11H2,1-2H3/t13-,14-/m0/s1. The zero-order valence-corrected chi connectivity index (χ0v) is 15.1. The lowest BCUT2D eigenvalue weighted by Gasteiger charge is -2.37. The fourth-order valence-corrected chi connectivity index (χ4v) is 4.29. The topological polar surface area (TPSA) is 48.5 Å². The molecular formula is C17H28N4OS. The van der Waals surface area contributed by atoms with E-state index >= 15 is 0 Å². The molecule has 2 aliphatic heterocycles. The van der Waals surface area contributed by atoms with E-state index in [9.17, 15) is 4.79 Å². The highest BCUT2D eigenvalue weighted by atomic mass is 32.1. The fourth-order valence-electron chi connectivity index (χ4n) is 3.55. The molecule has 6 heteroatoms. The third kappa shape index (κ3) is 4.31. The van der Waals surface area contributed by atoms with Crippen LogP contribution in [0.1, 0.15) is 37.4 Å². The molecule has 3 rings (SSSR count). The van der Waals surface area contributed by atoms with Crippen molar-refractivity contribution in [2.24, 2.45) is 5.92 Å². The van der Waals surface area contributed by atoms with Gasteiger partial charge < -0.3 is 10.2 Å². The van der Waals surface area contributed by atoms with E-state index in [1.165, 1.54) is 10.7 Å². The second kappa shape index (κ2) is 7.73. The predicted octanol–water partition coefficient (Wildman–Crippen LogP) is 1.74. The highest BCUT2D eigenvalue weighted by Gasteiger charge is 2.30. The molecule has 2 fully saturated rings. The Kier molecular flexibility index (Phi) is 5.67. The lowest BCUT2D eigenvalue weighted by molar-refractivity contribution is -0.138. The minimum atomic E-state index is 0.225. The van der Waals surface area contributed by atoms with E-state index in [1.54, 1.807) is 11.3 Å². The molecule has 0 spiro atoms. The maximum atomic E-state index is 12.7. The van der Waals surface area contributed by atoms with Crippen LogP contribution in [0.3, 0.4) is 0 Å². The molecule has 2 aliphatic rings. The van der Waals surface area contributed by atoms with E-state index in [1.807, 2.05) is 0 Å². The van der Waals surface area contributed by atoms with Crippen molar-refractivity contribution >= 4 is 17.2 Å². The van der Waals surface area contributed by atoms with E-state index in [0.717, 1.165) is 58.5 Å². The van der Waals surface area contributed by atoms with Gasteiger partial charge in [-0.1, -0.05) is 6.92 Å². The van der Waals surface area contributed by atoms with Gasteiger partial charge in [0.25, 0.3) is 0 Å². The third-order valence-corrected chi connectivity index (χ3v) is 5.99. The summed E-state index contributed by atoms with van der Waals surface area (Å²) in [6.45, 7) is 9.87. The van der Waals surface area contributed by atoms with E-state index in [4.69, 9.17) is 0 Å². The molecule has 5 nitrogen and oxygen atoms in total. The van der Waals surface area contributed by atoms with Gasteiger partial charge in [-0.3, -0.25) is 9.69 Å². The zero-order valence-electron chi connectivity index (χ0n) is 14.3. The summed E-state index contributed by atoms with van der Waals surface area (Å²) >= 11 is 1.75. The van der Waals surface area contributed by atoms with Gasteiger partial charge in [0.05, 0.1) is 10.7 Å². The lowest BCUT2D eigenvalue weighted by atomic mass is 9.92. The highest BCUT2D eigenvalue weighted by molar-refractivity contribution is 7.09. The molecule has 1 aromatic rings. The minimum absolute atomic E-state index is 0.225. The Morgan fingerprint density at radius 2 is 2.17 bits per heavy atom. The van der Waals surface area contributed by atoms with Crippen LogP contribution in [-0.2, 0) is 17.8 Å². The van der Waals surface area contributed by atoms with Gasteiger partial charge in [0.1, 0.15) is 0 Å². The SMILES string of the molecule is CCc1nc(CN2CCN(C(=O)[C@H]3CCN[C@@H](C)C3)CC2)cs1. The molecule has 1 aromatic heterocycles. The van der Waals surface area contributed by atoms with Gasteiger partial charge in [-0.2, -0.15) is 0 Å². The van der Waals surface area contributed by atoms with Crippen molar-refractivity contribution in [3.05, 3.63) is 16.1 Å². The summed E-state index contributed by atoms with van der Waals surface area (Å²) in [5.74, 6) is 0.600. The summed E-state index contributed by atoms with van der Waals surface area (Å²) in [5, 5.41) is 6.82. The highest BCUT2D eigenvalue weighted by Crippen LogP contribution is 2.20. The summed E-state index contributed by atoms with van der Waals surface area (Å²) in [6.07, 6.45) is 2.99. The van der Waals surface area contributed by atoms with Crippen LogP contribution >= 0.6 is 11.3 Å². The largest absolute Gasteiger partial charge is 0.340 e. The summed E-state index contributed by atoms with van der Waals surface area (Å²) in [6, 6.07) is 0.469. The number of amides is 1. The number of nitrogens with zero attached hydrogens (tertiary/aromatic N) is 3. The molecule has 1 amide bonds. The van der Waals surface area contributed by atoms with Crippen LogP contribution in [0.4, 0.5) is 0 Å². The van der Waals surface area contributed by atoms with Gasteiger partial charge in [0, 0.05) is 50.1 Å². The molecule has 0 bridgehead atoms. The number of nitrogens with one attached hydrogen (secondary N) is 1. The van der Waals surface area contributed by atoms with Crippen LogP contribution in [0, 0.1) is 5.92 Å². The molecule has 0 aliphatic carbocycles. The number of thiazole rings is 1. The smallest absolute Gasteiger partial charge is 0.225 e. The molecule has 0 saturated carbocycles. The molecule has 1 N–H and O–H groups in total. The van der Waals surface area contributed by atoms with Crippen molar-refractivity contribution < 1.29 is 4.79 Å². The number of carbonyl (C=O) groups excluding carboxylic acids is 1. The van der Waals surface area contributed by atoms with E-state index < -0.39 is 0 Å². The summed E-state index contributed by atoms with van der Waals surface area (Å²) < 4.78 is 0. The number of piperidine rings is 1. The molecule has 128 valence electrons. The normalized spacial score (nSPS) is 26.4. The summed E-state index contributed by atoms with van der Waals surface area (Å²) in [4.78, 5) is 21.8. The van der Waals surface area contributed by atoms with Gasteiger partial charge in [0.2, 0.25) is 5.91 Å². The van der Waals surface area contributed by atoms with Gasteiger partial charge in [-0.15, -0.1) is 11.3 Å². The average molecular weight is 337 g/mol. The Morgan fingerprint density at radius 3 is 2.83 bits per heavy atom. The van der Waals surface area contributed by atoms with Crippen LogP contribution in [0.2, 0.25) is 0 Å². The molecule has 23 heavy (non-hydrogen) atoms. The van der Waals surface area contributed by atoms with Crippen LogP contribution in [0.5, 0.6) is 0 Å². The number of hydrogen-bond donors (Lipinski definition) is 1. The lowest BCUT2D eigenvalue weighted by Crippen LogP contribution is -2.51. The van der Waals surface area contributed by atoms with Crippen molar-refractivity contribution in [3.8, 4) is 0 Å². The molecule has 0 radical (unpaired) electrons. The Bertz CT molecular complexity index is 524. The number of hydrogen-bond acceptors (Lipinski definition) is 5. The first-order valence-electron chi connectivity index (χ1n) is 8.83. The first-order chi connectivity index (χ1) is 11.2. The van der Waals surface area contributed by atoms with Crippen molar-refractivity contribution in [1.82, 2.24) is 20.1 Å². The maximum absolute atomic E-state index is 12.7. The maximum Gasteiger partial charge on any atom is 0.225 e. The molecule has 2 atom stereocenters. The Balaban J connectivity index is 1.47. The average Bonchev–Trinajstić information content (AvgIpc) is 3.02. The van der Waals surface area contributed by atoms with Gasteiger partial charge in [-0.05, 0) is 32.7 Å². The summed E-state index contributed by atoms with van der Waals surface area (Å²) in [7, 11) is 0. The Labute approximate surface area is 143 Å². The molecule has 2 saturated heterocycles. The Morgan fingerprint density at radius 1 is 1.39 bits per heavy atom. The number of aryl methyl sites for hydroxylation is 1. The van der Waals surface area contributed by atoms with Crippen molar-refractivity contribution in [2.45, 2.75) is 45.7 Å². The van der Waals surface area contributed by atoms with Crippen LogP contribution in [0.15, 0.2) is 5.38 Å². The van der Waals surface area contributed by atoms with E-state index in [0.29, 0.717) is 11.9 Å². The van der Waals surface area contributed by atoms with Gasteiger partial charge in [0.15, 0.2) is 0 Å². The number of carbonyl (C=O) groups is 1. The first kappa shape index (κ1) is 16.9. The van der Waals surface area contributed by atoms with Crippen molar-refractivity contribution in [1.29, 1.82) is 0 Å². The number of aromatic nitrogens is 1.